The van der Waals surface area contributed by atoms with Crippen LogP contribution < -0.4 is 11.1 Å². The molecule has 10 heteroatoms. The Hall–Kier alpha value is -4.02. The number of carbonyl (C=O) groups is 3. The number of hydrogen-bond acceptors (Lipinski definition) is 8. The van der Waals surface area contributed by atoms with Gasteiger partial charge in [-0.1, -0.05) is 37.3 Å². The molecule has 3 aliphatic rings. The van der Waals surface area contributed by atoms with Gasteiger partial charge < -0.3 is 31.5 Å². The second kappa shape index (κ2) is 9.62. The van der Waals surface area contributed by atoms with Crippen LogP contribution in [-0.4, -0.2) is 50.0 Å². The number of Topliss-reactive ketones (excluding diaryl/α,β-unsaturated/α-hetero) is 2. The number of benzene rings is 2. The molecule has 7 N–H and O–H groups in total. The van der Waals surface area contributed by atoms with E-state index < -0.39 is 70.0 Å². The molecule has 0 aliphatic heterocycles. The Labute approximate surface area is 223 Å². The highest BCUT2D eigenvalue weighted by Gasteiger charge is 2.60. The summed E-state index contributed by atoms with van der Waals surface area (Å²) in [5, 5.41) is 46.9. The van der Waals surface area contributed by atoms with Crippen LogP contribution >= 0.6 is 0 Å². The first kappa shape index (κ1) is 26.6. The third kappa shape index (κ3) is 4.11. The number of amides is 1. The summed E-state index contributed by atoms with van der Waals surface area (Å²) in [6, 6.07) is 11.0. The molecule has 5 rings (SSSR count). The summed E-state index contributed by atoms with van der Waals surface area (Å²) in [6.07, 6.45) is -0.568. The van der Waals surface area contributed by atoms with Gasteiger partial charge in [0, 0.05) is 42.1 Å². The Morgan fingerprint density at radius 3 is 2.54 bits per heavy atom. The molecule has 2 aromatic carbocycles. The number of rotatable bonds is 6. The summed E-state index contributed by atoms with van der Waals surface area (Å²) >= 11 is 0. The number of aliphatic hydroxyl groups excluding tert-OH is 2. The quantitative estimate of drug-likeness (QED) is 0.306. The Balaban J connectivity index is 1.47. The van der Waals surface area contributed by atoms with Crippen LogP contribution in [0.5, 0.6) is 5.75 Å². The maximum Gasteiger partial charge on any atom is 0.255 e. The van der Waals surface area contributed by atoms with Gasteiger partial charge in [0.15, 0.2) is 11.4 Å². The number of phenols is 1. The fourth-order valence-electron chi connectivity index (χ4n) is 6.18. The van der Waals surface area contributed by atoms with Crippen LogP contribution in [-0.2, 0) is 27.3 Å². The van der Waals surface area contributed by atoms with Gasteiger partial charge in [0.1, 0.15) is 28.7 Å². The van der Waals surface area contributed by atoms with Gasteiger partial charge in [-0.2, -0.15) is 0 Å². The fourth-order valence-corrected chi connectivity index (χ4v) is 6.18. The molecule has 0 heterocycles. The van der Waals surface area contributed by atoms with Crippen molar-refractivity contribution in [2.75, 3.05) is 6.54 Å². The Morgan fingerprint density at radius 1 is 1.18 bits per heavy atom. The van der Waals surface area contributed by atoms with Gasteiger partial charge in [-0.25, -0.2) is 4.39 Å². The van der Waals surface area contributed by atoms with Gasteiger partial charge in [-0.3, -0.25) is 14.4 Å². The molecule has 39 heavy (non-hydrogen) atoms. The molecule has 9 nitrogen and oxygen atoms in total. The molecule has 2 aromatic rings. The molecule has 1 fully saturated rings. The number of carbonyl (C=O) groups excluding carboxylic acids is 3. The predicted molar refractivity (Wildman–Crippen MR) is 138 cm³/mol. The van der Waals surface area contributed by atoms with Crippen LogP contribution in [0.1, 0.15) is 47.9 Å². The number of phenolic OH excluding ortho intramolecular Hbond substituents is 1. The lowest BCUT2D eigenvalue weighted by atomic mass is 9.59. The molecule has 1 saturated carbocycles. The van der Waals surface area contributed by atoms with Crippen molar-refractivity contribution in [2.24, 2.45) is 17.6 Å². The molecule has 1 amide bonds. The number of nitrogens with one attached hydrogen (secondary N) is 1. The Kier molecular flexibility index (Phi) is 6.56. The maximum absolute atomic E-state index is 15.7. The Morgan fingerprint density at radius 2 is 1.87 bits per heavy atom. The van der Waals surface area contributed by atoms with Gasteiger partial charge >= 0.3 is 0 Å². The SMILES string of the molecule is C[C@H](CNCc1cc(O)c2c(c1F)CC1C[C@H]3CC(=O)C(C(N)=O)=C(O)[C@@]3(O)C(=O)C1=C2O)c1ccccc1. The van der Waals surface area contributed by atoms with E-state index in [1.807, 2.05) is 37.3 Å². The van der Waals surface area contributed by atoms with E-state index in [1.54, 1.807) is 0 Å². The highest BCUT2D eigenvalue weighted by atomic mass is 19.1. The summed E-state index contributed by atoms with van der Waals surface area (Å²) < 4.78 is 15.7. The minimum absolute atomic E-state index is 0.0205. The van der Waals surface area contributed by atoms with Crippen LogP contribution in [0.2, 0.25) is 0 Å². The molecule has 0 spiro atoms. The minimum atomic E-state index is -2.65. The summed E-state index contributed by atoms with van der Waals surface area (Å²) in [7, 11) is 0. The van der Waals surface area contributed by atoms with Crippen molar-refractivity contribution in [3.63, 3.8) is 0 Å². The second-order valence-corrected chi connectivity index (χ2v) is 10.6. The van der Waals surface area contributed by atoms with Crippen molar-refractivity contribution in [1.29, 1.82) is 0 Å². The number of primary amides is 1. The second-order valence-electron chi connectivity index (χ2n) is 10.6. The van der Waals surface area contributed by atoms with E-state index >= 15 is 4.39 Å². The first-order chi connectivity index (χ1) is 18.5. The van der Waals surface area contributed by atoms with Crippen LogP contribution in [0, 0.1) is 17.7 Å². The molecule has 0 saturated heterocycles. The van der Waals surface area contributed by atoms with Crippen molar-refractivity contribution in [3.8, 4) is 5.75 Å². The van der Waals surface area contributed by atoms with Crippen molar-refractivity contribution in [3.05, 3.63) is 81.4 Å². The van der Waals surface area contributed by atoms with Crippen molar-refractivity contribution >= 4 is 23.2 Å². The first-order valence-electron chi connectivity index (χ1n) is 12.7. The Bertz CT molecular complexity index is 1470. The zero-order chi connectivity index (χ0) is 28.2. The third-order valence-corrected chi connectivity index (χ3v) is 8.21. The lowest BCUT2D eigenvalue weighted by Crippen LogP contribution is -2.58. The molecule has 3 aliphatic carbocycles. The van der Waals surface area contributed by atoms with Gasteiger partial charge in [-0.15, -0.1) is 0 Å². The van der Waals surface area contributed by atoms with Crippen molar-refractivity contribution in [2.45, 2.75) is 44.2 Å². The van der Waals surface area contributed by atoms with E-state index in [1.165, 1.54) is 6.07 Å². The highest BCUT2D eigenvalue weighted by molar-refractivity contribution is 6.22. The molecule has 0 radical (unpaired) electrons. The fraction of sp³-hybridized carbons (Fsp3) is 0.345. The van der Waals surface area contributed by atoms with Crippen LogP contribution in [0.4, 0.5) is 4.39 Å². The van der Waals surface area contributed by atoms with E-state index in [4.69, 9.17) is 5.73 Å². The van der Waals surface area contributed by atoms with Gasteiger partial charge in [0.05, 0.1) is 5.56 Å². The monoisotopic (exact) mass is 536 g/mol. The van der Waals surface area contributed by atoms with E-state index in [9.17, 15) is 34.8 Å². The maximum atomic E-state index is 15.7. The number of aliphatic hydroxyl groups is 3. The topological polar surface area (TPSA) is 170 Å². The predicted octanol–water partition coefficient (Wildman–Crippen LogP) is 2.46. The lowest BCUT2D eigenvalue weighted by molar-refractivity contribution is -0.147. The van der Waals surface area contributed by atoms with Gasteiger partial charge in [-0.05, 0) is 36.3 Å². The molecule has 0 aromatic heterocycles. The zero-order valence-electron chi connectivity index (χ0n) is 21.2. The van der Waals surface area contributed by atoms with Crippen LogP contribution in [0.15, 0.2) is 53.3 Å². The van der Waals surface area contributed by atoms with Crippen LogP contribution in [0.25, 0.3) is 5.76 Å². The number of halogens is 1. The first-order valence-corrected chi connectivity index (χ1v) is 12.7. The average Bonchev–Trinajstić information content (AvgIpc) is 2.89. The van der Waals surface area contributed by atoms with Crippen molar-refractivity contribution in [1.82, 2.24) is 5.32 Å². The number of hydrogen-bond donors (Lipinski definition) is 6. The summed E-state index contributed by atoms with van der Waals surface area (Å²) in [4.78, 5) is 37.7. The summed E-state index contributed by atoms with van der Waals surface area (Å²) in [6.45, 7) is 2.69. The molecular weight excluding hydrogens is 507 g/mol. The number of nitrogens with two attached hydrogens (primary N) is 1. The minimum Gasteiger partial charge on any atom is -0.508 e. The highest BCUT2D eigenvalue weighted by Crippen LogP contribution is 2.52. The summed E-state index contributed by atoms with van der Waals surface area (Å²) in [5.74, 6) is -7.89. The smallest absolute Gasteiger partial charge is 0.255 e. The normalized spacial score (nSPS) is 25.2. The van der Waals surface area contributed by atoms with Crippen LogP contribution in [0.3, 0.4) is 0 Å². The lowest BCUT2D eigenvalue weighted by Gasteiger charge is -2.46. The largest absolute Gasteiger partial charge is 0.508 e. The number of fused-ring (bicyclic) bond motifs is 3. The van der Waals surface area contributed by atoms with Gasteiger partial charge in [0.2, 0.25) is 5.78 Å². The molecule has 204 valence electrons. The van der Waals surface area contributed by atoms with E-state index in [-0.39, 0.29) is 47.6 Å². The molecular formula is C29H29FN2O7. The zero-order valence-corrected chi connectivity index (χ0v) is 21.2. The van der Waals surface area contributed by atoms with Gasteiger partial charge in [0.25, 0.3) is 5.91 Å². The number of aromatic hydroxyl groups is 1. The molecule has 4 atom stereocenters. The third-order valence-electron chi connectivity index (χ3n) is 8.21. The van der Waals surface area contributed by atoms with E-state index in [0.717, 1.165) is 5.56 Å². The summed E-state index contributed by atoms with van der Waals surface area (Å²) in [5.41, 5.74) is 2.44. The average molecular weight is 537 g/mol. The van der Waals surface area contributed by atoms with E-state index in [2.05, 4.69) is 5.32 Å². The van der Waals surface area contributed by atoms with E-state index in [0.29, 0.717) is 6.54 Å². The standard InChI is InChI=1S/C29H29FN2O7/c1-13(14-5-3-2-4-6-14)11-32-12-16-9-19(33)22-18(24(16)30)8-15-7-17-10-20(34)23(28(31)38)27(37)29(17,39)26(36)21(15)25(22)35/h2-6,9,13,15,17,32-33,35,37,39H,7-8,10-12H2,1H3,(H2,31,38)/t13-,15?,17+,29+/m1/s1. The number of ketones is 2. The van der Waals surface area contributed by atoms with Crippen molar-refractivity contribution < 1.29 is 39.2 Å². The molecule has 1 unspecified atom stereocenters. The molecule has 0 bridgehead atoms.